The molecular weight excluding hydrogens is 391 g/mol. The molecular formula is C23H22F3N3O. The van der Waals surface area contributed by atoms with Gasteiger partial charge >= 0.3 is 6.18 Å². The van der Waals surface area contributed by atoms with Gasteiger partial charge in [0, 0.05) is 23.7 Å². The van der Waals surface area contributed by atoms with Crippen LogP contribution in [-0.4, -0.2) is 17.4 Å². The first-order valence-electron chi connectivity index (χ1n) is 9.66. The Kier molecular flexibility index (Phi) is 6.72. The standard InChI is InChI=1S/C23H22F3N3O/c1-2-3-14-27-21-12-7-17-15-19(10-11-20(17)29-21)28-22(30)13-6-16-4-8-18(9-5-16)23(24,25)26/h4-13,15H,2-3,14H2,1H3,(H,27,29)(H,28,30)/b13-6+. The summed E-state index contributed by atoms with van der Waals surface area (Å²) >= 11 is 0. The molecule has 0 saturated heterocycles. The molecule has 0 aliphatic rings. The Labute approximate surface area is 172 Å². The van der Waals surface area contributed by atoms with Crippen LogP contribution in [0.5, 0.6) is 0 Å². The molecule has 3 rings (SSSR count). The quantitative estimate of drug-likeness (QED) is 0.363. The van der Waals surface area contributed by atoms with Gasteiger partial charge in [-0.1, -0.05) is 25.5 Å². The topological polar surface area (TPSA) is 54.0 Å². The van der Waals surface area contributed by atoms with Crippen LogP contribution in [-0.2, 0) is 11.0 Å². The SMILES string of the molecule is CCCCNc1ccc2cc(NC(=O)/C=C/c3ccc(C(F)(F)F)cc3)ccc2n1. The van der Waals surface area contributed by atoms with Gasteiger partial charge in [0.1, 0.15) is 5.82 Å². The monoisotopic (exact) mass is 413 g/mol. The molecule has 1 amide bonds. The first kappa shape index (κ1) is 21.4. The number of rotatable bonds is 7. The zero-order valence-electron chi connectivity index (χ0n) is 16.5. The lowest BCUT2D eigenvalue weighted by atomic mass is 10.1. The minimum Gasteiger partial charge on any atom is -0.370 e. The van der Waals surface area contributed by atoms with E-state index in [1.165, 1.54) is 24.3 Å². The highest BCUT2D eigenvalue weighted by Crippen LogP contribution is 2.29. The molecule has 0 unspecified atom stereocenters. The Bertz CT molecular complexity index is 1040. The van der Waals surface area contributed by atoms with E-state index < -0.39 is 11.7 Å². The van der Waals surface area contributed by atoms with E-state index >= 15 is 0 Å². The number of benzene rings is 2. The third-order valence-corrected chi connectivity index (χ3v) is 4.46. The summed E-state index contributed by atoms with van der Waals surface area (Å²) in [6.07, 6.45) is 0.552. The summed E-state index contributed by atoms with van der Waals surface area (Å²) in [6, 6.07) is 13.9. The van der Waals surface area contributed by atoms with Gasteiger partial charge in [-0.3, -0.25) is 4.79 Å². The van der Waals surface area contributed by atoms with Gasteiger partial charge < -0.3 is 10.6 Å². The fourth-order valence-electron chi connectivity index (χ4n) is 2.83. The first-order valence-corrected chi connectivity index (χ1v) is 9.66. The number of alkyl halides is 3. The number of fused-ring (bicyclic) bond motifs is 1. The highest BCUT2D eigenvalue weighted by atomic mass is 19.4. The molecule has 2 aromatic carbocycles. The Morgan fingerprint density at radius 2 is 1.83 bits per heavy atom. The van der Waals surface area contributed by atoms with Gasteiger partial charge in [-0.15, -0.1) is 0 Å². The van der Waals surface area contributed by atoms with Crippen molar-refractivity contribution in [1.82, 2.24) is 4.98 Å². The van der Waals surface area contributed by atoms with E-state index in [9.17, 15) is 18.0 Å². The van der Waals surface area contributed by atoms with Crippen molar-refractivity contribution in [2.24, 2.45) is 0 Å². The Morgan fingerprint density at radius 3 is 2.53 bits per heavy atom. The van der Waals surface area contributed by atoms with E-state index in [2.05, 4.69) is 22.5 Å². The number of halogens is 3. The summed E-state index contributed by atoms with van der Waals surface area (Å²) in [6.45, 7) is 3.00. The highest BCUT2D eigenvalue weighted by molar-refractivity contribution is 6.03. The molecule has 3 aromatic rings. The second-order valence-corrected chi connectivity index (χ2v) is 6.83. The number of nitrogens with one attached hydrogen (secondary N) is 2. The lowest BCUT2D eigenvalue weighted by Crippen LogP contribution is -2.08. The summed E-state index contributed by atoms with van der Waals surface area (Å²) in [5.41, 5.74) is 1.20. The Morgan fingerprint density at radius 1 is 1.07 bits per heavy atom. The number of nitrogens with zero attached hydrogens (tertiary/aromatic N) is 1. The predicted molar refractivity (Wildman–Crippen MR) is 114 cm³/mol. The van der Waals surface area contributed by atoms with Gasteiger partial charge in [0.05, 0.1) is 11.1 Å². The van der Waals surface area contributed by atoms with Crippen molar-refractivity contribution in [3.8, 4) is 0 Å². The molecule has 0 saturated carbocycles. The molecule has 1 aromatic heterocycles. The molecule has 0 aliphatic carbocycles. The number of carbonyl (C=O) groups excluding carboxylic acids is 1. The second-order valence-electron chi connectivity index (χ2n) is 6.83. The maximum atomic E-state index is 12.6. The summed E-state index contributed by atoms with van der Waals surface area (Å²) in [4.78, 5) is 16.7. The number of anilines is 2. The molecule has 7 heteroatoms. The van der Waals surface area contributed by atoms with E-state index in [1.54, 1.807) is 6.07 Å². The maximum absolute atomic E-state index is 12.6. The number of pyridine rings is 1. The van der Waals surface area contributed by atoms with Crippen molar-refractivity contribution < 1.29 is 18.0 Å². The fourth-order valence-corrected chi connectivity index (χ4v) is 2.83. The maximum Gasteiger partial charge on any atom is 0.416 e. The molecule has 30 heavy (non-hydrogen) atoms. The number of hydrogen-bond acceptors (Lipinski definition) is 3. The van der Waals surface area contributed by atoms with Crippen LogP contribution in [0.4, 0.5) is 24.7 Å². The first-order chi connectivity index (χ1) is 14.3. The van der Waals surface area contributed by atoms with E-state index in [0.29, 0.717) is 11.3 Å². The molecule has 4 nitrogen and oxygen atoms in total. The van der Waals surface area contributed by atoms with Crippen LogP contribution in [0.3, 0.4) is 0 Å². The number of aromatic nitrogens is 1. The third kappa shape index (κ3) is 5.83. The van der Waals surface area contributed by atoms with E-state index in [4.69, 9.17) is 0 Å². The van der Waals surface area contributed by atoms with Gasteiger partial charge in [0.15, 0.2) is 0 Å². The average Bonchev–Trinajstić information content (AvgIpc) is 2.72. The van der Waals surface area contributed by atoms with Gasteiger partial charge in [0.25, 0.3) is 0 Å². The molecule has 1 heterocycles. The predicted octanol–water partition coefficient (Wildman–Crippen LogP) is 6.12. The average molecular weight is 413 g/mol. The molecule has 0 aliphatic heterocycles. The van der Waals surface area contributed by atoms with Gasteiger partial charge in [-0.25, -0.2) is 4.98 Å². The van der Waals surface area contributed by atoms with Crippen LogP contribution in [0.15, 0.2) is 60.7 Å². The largest absolute Gasteiger partial charge is 0.416 e. The Hall–Kier alpha value is -3.35. The van der Waals surface area contributed by atoms with Crippen molar-refractivity contribution in [2.45, 2.75) is 25.9 Å². The molecule has 0 fully saturated rings. The lowest BCUT2D eigenvalue weighted by Gasteiger charge is -2.08. The van der Waals surface area contributed by atoms with Crippen LogP contribution < -0.4 is 10.6 Å². The van der Waals surface area contributed by atoms with Gasteiger partial charge in [-0.2, -0.15) is 13.2 Å². The van der Waals surface area contributed by atoms with Crippen molar-refractivity contribution in [2.75, 3.05) is 17.2 Å². The van der Waals surface area contributed by atoms with E-state index in [-0.39, 0.29) is 5.91 Å². The summed E-state index contributed by atoms with van der Waals surface area (Å²) in [5, 5.41) is 6.91. The Balaban J connectivity index is 1.63. The molecule has 156 valence electrons. The van der Waals surface area contributed by atoms with Crippen LogP contribution >= 0.6 is 0 Å². The minimum absolute atomic E-state index is 0.375. The number of amides is 1. The number of carbonyl (C=O) groups is 1. The van der Waals surface area contributed by atoms with Crippen molar-refractivity contribution in [3.05, 3.63) is 71.8 Å². The smallest absolute Gasteiger partial charge is 0.370 e. The van der Waals surface area contributed by atoms with E-state index in [1.807, 2.05) is 24.3 Å². The van der Waals surface area contributed by atoms with Crippen molar-refractivity contribution in [3.63, 3.8) is 0 Å². The van der Waals surface area contributed by atoms with Crippen molar-refractivity contribution >= 4 is 34.4 Å². The summed E-state index contributed by atoms with van der Waals surface area (Å²) in [7, 11) is 0. The highest BCUT2D eigenvalue weighted by Gasteiger charge is 2.29. The van der Waals surface area contributed by atoms with Gasteiger partial charge in [-0.05, 0) is 60.5 Å². The number of hydrogen-bond donors (Lipinski definition) is 2. The molecule has 2 N–H and O–H groups in total. The molecule has 0 atom stereocenters. The van der Waals surface area contributed by atoms with Crippen molar-refractivity contribution in [1.29, 1.82) is 0 Å². The second kappa shape index (κ2) is 9.43. The molecule has 0 radical (unpaired) electrons. The van der Waals surface area contributed by atoms with Gasteiger partial charge in [0.2, 0.25) is 5.91 Å². The van der Waals surface area contributed by atoms with Crippen LogP contribution in [0.25, 0.3) is 17.0 Å². The fraction of sp³-hybridized carbons (Fsp3) is 0.217. The zero-order valence-corrected chi connectivity index (χ0v) is 16.5. The molecule has 0 spiro atoms. The zero-order chi connectivity index (χ0) is 21.6. The third-order valence-electron chi connectivity index (χ3n) is 4.46. The van der Waals surface area contributed by atoms with Crippen LogP contribution in [0.1, 0.15) is 30.9 Å². The van der Waals surface area contributed by atoms with Crippen LogP contribution in [0, 0.1) is 0 Å². The van der Waals surface area contributed by atoms with E-state index in [0.717, 1.165) is 48.2 Å². The minimum atomic E-state index is -4.38. The molecule has 0 bridgehead atoms. The number of unbranched alkanes of at least 4 members (excludes halogenated alkanes) is 1. The summed E-state index contributed by atoms with van der Waals surface area (Å²) in [5.74, 6) is 0.437. The van der Waals surface area contributed by atoms with Crippen LogP contribution in [0.2, 0.25) is 0 Å². The lowest BCUT2D eigenvalue weighted by molar-refractivity contribution is -0.137. The normalized spacial score (nSPS) is 11.7. The summed E-state index contributed by atoms with van der Waals surface area (Å²) < 4.78 is 37.8.